The Morgan fingerprint density at radius 3 is 2.36 bits per heavy atom. The number of phenols is 2. The fourth-order valence-electron chi connectivity index (χ4n) is 2.48. The molecule has 0 amide bonds. The molecule has 6 nitrogen and oxygen atoms in total. The number of methoxy groups -OCH3 is 2. The summed E-state index contributed by atoms with van der Waals surface area (Å²) in [5.74, 6) is -0.836. The number of hydrogen-bond donors (Lipinski definition) is 2. The normalized spacial score (nSPS) is 10.9. The zero-order valence-corrected chi connectivity index (χ0v) is 14.6. The molecular formula is C17H12Cl2O6. The van der Waals surface area contributed by atoms with Gasteiger partial charge in [-0.2, -0.15) is 0 Å². The van der Waals surface area contributed by atoms with E-state index >= 15 is 0 Å². The average Bonchev–Trinajstić information content (AvgIpc) is 3.08. The van der Waals surface area contributed by atoms with Crippen molar-refractivity contribution in [1.29, 1.82) is 0 Å². The third-order valence-corrected chi connectivity index (χ3v) is 4.57. The lowest BCUT2D eigenvalue weighted by molar-refractivity contribution is 0.103. The molecule has 0 radical (unpaired) electrons. The van der Waals surface area contributed by atoms with Crippen molar-refractivity contribution < 1.29 is 28.9 Å². The van der Waals surface area contributed by atoms with Gasteiger partial charge in [0.1, 0.15) is 16.3 Å². The Kier molecular flexibility index (Phi) is 4.41. The predicted octanol–water partition coefficient (Wildman–Crippen LogP) is 4.40. The minimum Gasteiger partial charge on any atom is -0.504 e. The number of hydrogen-bond acceptors (Lipinski definition) is 6. The van der Waals surface area contributed by atoms with E-state index in [0.29, 0.717) is 11.5 Å². The summed E-state index contributed by atoms with van der Waals surface area (Å²) in [4.78, 5) is 12.8. The van der Waals surface area contributed by atoms with Crippen LogP contribution in [0.2, 0.25) is 10.0 Å². The molecule has 1 aromatic heterocycles. The molecule has 2 N–H and O–H groups in total. The van der Waals surface area contributed by atoms with Crippen LogP contribution in [0.4, 0.5) is 0 Å². The molecule has 0 bridgehead atoms. The van der Waals surface area contributed by atoms with Crippen molar-refractivity contribution >= 4 is 40.0 Å². The van der Waals surface area contributed by atoms with Crippen molar-refractivity contribution in [2.75, 3.05) is 14.2 Å². The van der Waals surface area contributed by atoms with Crippen molar-refractivity contribution in [2.24, 2.45) is 0 Å². The highest BCUT2D eigenvalue weighted by molar-refractivity contribution is 6.46. The Morgan fingerprint density at radius 1 is 1.04 bits per heavy atom. The Balaban J connectivity index is 2.19. The molecule has 8 heteroatoms. The highest BCUT2D eigenvalue weighted by Gasteiger charge is 2.26. The van der Waals surface area contributed by atoms with Crippen LogP contribution in [0.25, 0.3) is 11.0 Å². The van der Waals surface area contributed by atoms with Gasteiger partial charge in [0.2, 0.25) is 0 Å². The lowest BCUT2D eigenvalue weighted by Gasteiger charge is -2.09. The predicted molar refractivity (Wildman–Crippen MR) is 92.5 cm³/mol. The molecular weight excluding hydrogens is 371 g/mol. The number of carbonyl (C=O) groups is 1. The summed E-state index contributed by atoms with van der Waals surface area (Å²) >= 11 is 11.8. The molecule has 0 spiro atoms. The van der Waals surface area contributed by atoms with Gasteiger partial charge in [0.25, 0.3) is 0 Å². The molecule has 1 heterocycles. The molecule has 0 aliphatic carbocycles. The second kappa shape index (κ2) is 6.38. The van der Waals surface area contributed by atoms with Gasteiger partial charge in [-0.3, -0.25) is 4.79 Å². The topological polar surface area (TPSA) is 89.1 Å². The van der Waals surface area contributed by atoms with E-state index in [0.717, 1.165) is 6.26 Å². The zero-order chi connectivity index (χ0) is 18.3. The van der Waals surface area contributed by atoms with Crippen molar-refractivity contribution in [3.05, 3.63) is 45.6 Å². The van der Waals surface area contributed by atoms with E-state index in [1.54, 1.807) is 6.07 Å². The maximum absolute atomic E-state index is 12.8. The number of benzene rings is 2. The lowest BCUT2D eigenvalue weighted by Crippen LogP contribution is -2.02. The van der Waals surface area contributed by atoms with Crippen molar-refractivity contribution in [2.45, 2.75) is 0 Å². The molecule has 25 heavy (non-hydrogen) atoms. The Morgan fingerprint density at radius 2 is 1.72 bits per heavy atom. The molecule has 0 unspecified atom stereocenters. The summed E-state index contributed by atoms with van der Waals surface area (Å²) in [6.45, 7) is 0. The fourth-order valence-corrected chi connectivity index (χ4v) is 2.88. The van der Waals surface area contributed by atoms with E-state index in [2.05, 4.69) is 0 Å². The van der Waals surface area contributed by atoms with Gasteiger partial charge in [-0.15, -0.1) is 0 Å². The maximum atomic E-state index is 12.8. The van der Waals surface area contributed by atoms with Crippen LogP contribution < -0.4 is 9.47 Å². The van der Waals surface area contributed by atoms with Gasteiger partial charge < -0.3 is 24.1 Å². The molecule has 0 saturated heterocycles. The quantitative estimate of drug-likeness (QED) is 0.513. The molecule has 2 aromatic carbocycles. The number of phenolic OH excluding ortho intramolecular Hbond substituents is 2. The molecule has 130 valence electrons. The Labute approximate surface area is 152 Å². The smallest absolute Gasteiger partial charge is 0.197 e. The molecule has 0 fully saturated rings. The lowest BCUT2D eigenvalue weighted by atomic mass is 10.0. The third kappa shape index (κ3) is 2.63. The van der Waals surface area contributed by atoms with Crippen LogP contribution in [0, 0.1) is 0 Å². The second-order valence-electron chi connectivity index (χ2n) is 5.08. The summed E-state index contributed by atoms with van der Waals surface area (Å²) in [6, 6.07) is 4.61. The number of ether oxygens (including phenoxy) is 2. The van der Waals surface area contributed by atoms with Gasteiger partial charge in [0, 0.05) is 5.56 Å². The minimum atomic E-state index is -0.623. The first kappa shape index (κ1) is 17.3. The largest absolute Gasteiger partial charge is 0.504 e. The van der Waals surface area contributed by atoms with Gasteiger partial charge in [-0.25, -0.2) is 0 Å². The van der Waals surface area contributed by atoms with Crippen LogP contribution >= 0.6 is 23.2 Å². The summed E-state index contributed by atoms with van der Waals surface area (Å²) in [7, 11) is 2.93. The van der Waals surface area contributed by atoms with Gasteiger partial charge in [-0.05, 0) is 18.2 Å². The van der Waals surface area contributed by atoms with Gasteiger partial charge in [-0.1, -0.05) is 23.2 Å². The number of aromatic hydroxyl groups is 2. The first-order valence-corrected chi connectivity index (χ1v) is 7.73. The Hall–Kier alpha value is -2.57. The maximum Gasteiger partial charge on any atom is 0.197 e. The number of fused-ring (bicyclic) bond motifs is 1. The first-order valence-electron chi connectivity index (χ1n) is 6.97. The van der Waals surface area contributed by atoms with E-state index in [1.807, 2.05) is 0 Å². The number of carbonyl (C=O) groups excluding carboxylic acids is 1. The van der Waals surface area contributed by atoms with Crippen LogP contribution in [-0.2, 0) is 0 Å². The minimum absolute atomic E-state index is 0.00536. The number of rotatable bonds is 4. The van der Waals surface area contributed by atoms with Crippen molar-refractivity contribution in [3.63, 3.8) is 0 Å². The van der Waals surface area contributed by atoms with E-state index in [9.17, 15) is 15.0 Å². The highest BCUT2D eigenvalue weighted by atomic mass is 35.5. The number of ketones is 1. The molecule has 3 aromatic rings. The van der Waals surface area contributed by atoms with E-state index in [4.69, 9.17) is 37.1 Å². The molecule has 0 atom stereocenters. The second-order valence-corrected chi connectivity index (χ2v) is 5.83. The number of furan rings is 1. The highest BCUT2D eigenvalue weighted by Crippen LogP contribution is 2.47. The average molecular weight is 383 g/mol. The summed E-state index contributed by atoms with van der Waals surface area (Å²) in [5.41, 5.74) is 0.296. The van der Waals surface area contributed by atoms with Crippen molar-refractivity contribution in [3.8, 4) is 23.0 Å². The van der Waals surface area contributed by atoms with Gasteiger partial charge in [0.05, 0.1) is 25.2 Å². The monoisotopic (exact) mass is 382 g/mol. The van der Waals surface area contributed by atoms with E-state index in [-0.39, 0.29) is 32.1 Å². The molecule has 3 rings (SSSR count). The standard InChI is InChI=1S/C17H12Cl2O6/c1-23-9-4-3-7(5-10(9)24-2)14(20)8-6-25-17-11(8)15(21)16(22)12(18)13(17)19/h3-6,21-22H,1-2H3. The molecule has 0 aliphatic heterocycles. The van der Waals surface area contributed by atoms with Crippen LogP contribution in [0.3, 0.4) is 0 Å². The van der Waals surface area contributed by atoms with Crippen LogP contribution in [0.15, 0.2) is 28.9 Å². The summed E-state index contributed by atoms with van der Waals surface area (Å²) in [6.07, 6.45) is 1.14. The zero-order valence-electron chi connectivity index (χ0n) is 13.1. The summed E-state index contributed by atoms with van der Waals surface area (Å²) < 4.78 is 15.6. The van der Waals surface area contributed by atoms with E-state index in [1.165, 1.54) is 26.4 Å². The fraction of sp³-hybridized carbons (Fsp3) is 0.118. The van der Waals surface area contributed by atoms with Crippen LogP contribution in [0.5, 0.6) is 23.0 Å². The summed E-state index contributed by atoms with van der Waals surface area (Å²) in [5, 5.41) is 19.7. The van der Waals surface area contributed by atoms with Crippen LogP contribution in [0.1, 0.15) is 15.9 Å². The number of halogens is 2. The Bertz CT molecular complexity index is 993. The molecule has 0 aliphatic rings. The van der Waals surface area contributed by atoms with Gasteiger partial charge in [0.15, 0.2) is 34.4 Å². The van der Waals surface area contributed by atoms with Crippen LogP contribution in [-0.4, -0.2) is 30.2 Å². The molecule has 0 saturated carbocycles. The van der Waals surface area contributed by atoms with Gasteiger partial charge >= 0.3 is 0 Å². The third-order valence-electron chi connectivity index (χ3n) is 3.74. The SMILES string of the molecule is COc1ccc(C(=O)c2coc3c(Cl)c(Cl)c(O)c(O)c23)cc1OC. The van der Waals surface area contributed by atoms with Crippen molar-refractivity contribution in [1.82, 2.24) is 0 Å². The van der Waals surface area contributed by atoms with E-state index < -0.39 is 17.3 Å². The first-order chi connectivity index (χ1) is 11.9.